The number of sulfonamides is 3. The van der Waals surface area contributed by atoms with Gasteiger partial charge in [0.1, 0.15) is 38.8 Å². The number of nitrogens with one attached hydrogen (secondary N) is 2. The van der Waals surface area contributed by atoms with Crippen LogP contribution in [0.4, 0.5) is 5.82 Å². The minimum absolute atomic E-state index is 0. The van der Waals surface area contributed by atoms with Gasteiger partial charge in [0.15, 0.2) is 34.5 Å². The van der Waals surface area contributed by atoms with Gasteiger partial charge in [-0.1, -0.05) is 115 Å². The summed E-state index contributed by atoms with van der Waals surface area (Å²) in [5.74, 6) is 4.47. The number of carboxylic acids is 1. The summed E-state index contributed by atoms with van der Waals surface area (Å²) in [7, 11) is -8.25. The van der Waals surface area contributed by atoms with Gasteiger partial charge in [-0.2, -0.15) is 4.31 Å². The van der Waals surface area contributed by atoms with Gasteiger partial charge in [0.05, 0.1) is 91.5 Å². The first kappa shape index (κ1) is 100. The standard InChI is InChI=1S/C27H26N2O8S.C27H28N2O7S.C26H26N2O5S.C25H26N2O4S.3H2/c30-20(14-26(32)33)15-28-38(34,35)21-7-4-17(5-8-21)22-3-1-2-19(29-22)13-25(31)27(10-11-27)18-6-9-23-24(12-18)37-16-36-23;1-29(15-21(31)16-30)37(33,34)22-8-5-18(6-9-22)23-4-2-3-20(28-23)14-26(32)27(11-12-27)19-7-10-24-25(13-19)36-17-35-24;1-17-12-20(27-15-22(17)18-4-7-21(8-5-18)34(30,31)28(2)3)14-25(29)26(10-11-26)19-6-9-23-24(13-19)33-16-32-23;1-31-22-8-4-3-6-20(22)25(15-16-25)24(28)27-23-9-5-7-21(26-23)19-12-10-18(11-13-19)14-17-32(2,29)30;;;/h1-9,12,20,28,30H,10-11,13-16H2,(H,32,33);2-10,13,21,30-31H,11-12,14-17H2,1H3;4-9,12-13,15H,10-11,14,16H2,1-3H3;3-13H,14-17H2,1-2H3,(H,26,27,28);3*1H. The zero-order valence-corrected chi connectivity index (χ0v) is 81.4. The van der Waals surface area contributed by atoms with Crippen LogP contribution in [0.25, 0.3) is 44.9 Å². The molecular weight excluding hydrogens is 1890 g/mol. The first-order valence-corrected chi connectivity index (χ1v) is 52.1. The van der Waals surface area contributed by atoms with E-state index in [1.54, 1.807) is 86.1 Å². The minimum atomic E-state index is -3.94. The number of likely N-dealkylation sites (N-methyl/N-ethyl adjacent to an activating group) is 1. The van der Waals surface area contributed by atoms with E-state index in [0.29, 0.717) is 80.6 Å². The van der Waals surface area contributed by atoms with Crippen molar-refractivity contribution < 1.29 is 116 Å². The number of aliphatic hydroxyl groups is 3. The lowest BCUT2D eigenvalue weighted by atomic mass is 9.88. The number of aliphatic carboxylic acids is 1. The van der Waals surface area contributed by atoms with Crippen LogP contribution in [0.5, 0.6) is 40.2 Å². The van der Waals surface area contributed by atoms with E-state index in [4.69, 9.17) is 43.4 Å². The van der Waals surface area contributed by atoms with Gasteiger partial charge >= 0.3 is 5.97 Å². The molecule has 4 aromatic heterocycles. The highest BCUT2D eigenvalue weighted by molar-refractivity contribution is 7.90. The van der Waals surface area contributed by atoms with Crippen molar-refractivity contribution in [1.29, 1.82) is 0 Å². The van der Waals surface area contributed by atoms with E-state index in [1.165, 1.54) is 56.0 Å². The van der Waals surface area contributed by atoms with Crippen LogP contribution in [0.2, 0.25) is 0 Å². The molecule has 0 bridgehead atoms. The topological polar surface area (TPSA) is 450 Å². The lowest BCUT2D eigenvalue weighted by Gasteiger charge is -2.19. The van der Waals surface area contributed by atoms with E-state index in [2.05, 4.69) is 30.0 Å². The maximum Gasteiger partial charge on any atom is 0.306 e. The number of nitrogens with zero attached hydrogens (tertiary/aromatic N) is 6. The molecule has 2 atom stereocenters. The number of ether oxygens (including phenoxy) is 7. The molecule has 740 valence electrons. The maximum absolute atomic E-state index is 13.3. The van der Waals surface area contributed by atoms with E-state index in [1.807, 2.05) is 146 Å². The Bertz CT molecular complexity index is 7240. The van der Waals surface area contributed by atoms with Crippen LogP contribution in [0.15, 0.2) is 257 Å². The van der Waals surface area contributed by atoms with Crippen molar-refractivity contribution in [1.82, 2.24) is 33.3 Å². The third-order valence-corrected chi connectivity index (χ3v) is 32.2. The highest BCUT2D eigenvalue weighted by Gasteiger charge is 2.55. The number of sulfone groups is 1. The SMILES string of the molecule is CN(CC(O)CO)S(=O)(=O)c1ccc(-c2cccc(CC(=O)C3(c4ccc5c(c4)OCO5)CC3)n2)cc1.COc1ccccc1C1(C(=O)Nc2cccc(-c3ccc(CCS(C)(=O)=O)cc3)n2)CC1.Cc1cc(CC(=O)C2(c3ccc4c(c3)OCO4)CC2)ncc1-c1ccc(S(=O)(=O)N(C)C)cc1.O=C(O)CC(O)CNS(=O)(=O)c1ccc(-c2cccc(CC(=O)C3(c4ccc5c(c4)OCO5)CC3)n2)cc1.[HH].[HH].[HH]. The number of fused-ring (bicyclic) bond motifs is 3. The lowest BCUT2D eigenvalue weighted by Crippen LogP contribution is -2.35. The van der Waals surface area contributed by atoms with Gasteiger partial charge in [0.2, 0.25) is 56.4 Å². The van der Waals surface area contributed by atoms with Gasteiger partial charge < -0.3 is 58.9 Å². The number of aromatic nitrogens is 4. The molecule has 12 aromatic rings. The van der Waals surface area contributed by atoms with Gasteiger partial charge in [-0.25, -0.2) is 47.7 Å². The van der Waals surface area contributed by atoms with Crippen LogP contribution < -0.4 is 43.2 Å². The van der Waals surface area contributed by atoms with Crippen LogP contribution in [0.3, 0.4) is 0 Å². The summed E-state index contributed by atoms with van der Waals surface area (Å²) >= 11 is 0. The fourth-order valence-electron chi connectivity index (χ4n) is 17.3. The van der Waals surface area contributed by atoms with Crippen molar-refractivity contribution >= 4 is 75.0 Å². The molecule has 4 saturated carbocycles. The Morgan fingerprint density at radius 3 is 1.34 bits per heavy atom. The zero-order valence-electron chi connectivity index (χ0n) is 78.2. The van der Waals surface area contributed by atoms with Crippen molar-refractivity contribution in [3.8, 4) is 85.1 Å². The van der Waals surface area contributed by atoms with E-state index in [0.717, 1.165) is 123 Å². The number of carbonyl (C=O) groups excluding carboxylic acids is 4. The molecule has 32 nitrogen and oxygen atoms in total. The quantitative estimate of drug-likeness (QED) is 0.0212. The van der Waals surface area contributed by atoms with Gasteiger partial charge in [0.25, 0.3) is 0 Å². The van der Waals surface area contributed by atoms with Gasteiger partial charge in [-0.15, -0.1) is 0 Å². The van der Waals surface area contributed by atoms with Crippen molar-refractivity contribution in [3.05, 3.63) is 293 Å². The van der Waals surface area contributed by atoms with E-state index in [-0.39, 0.29) is 94.2 Å². The van der Waals surface area contributed by atoms with Crippen LogP contribution >= 0.6 is 0 Å². The molecule has 2 unspecified atom stereocenters. The number of rotatable bonds is 36. The highest BCUT2D eigenvalue weighted by atomic mass is 32.2. The fraction of sp³-hybridized carbons (Fsp3) is 0.305. The number of para-hydroxylation sites is 1. The number of aryl methyl sites for hydroxylation is 2. The Hall–Kier alpha value is -13.5. The monoisotopic (exact) mass is 2000 g/mol. The van der Waals surface area contributed by atoms with E-state index < -0.39 is 99.3 Å². The summed E-state index contributed by atoms with van der Waals surface area (Å²) < 4.78 is 140. The summed E-state index contributed by atoms with van der Waals surface area (Å²) in [6.07, 6.45) is 7.32. The van der Waals surface area contributed by atoms with Crippen LogP contribution in [0, 0.1) is 6.92 Å². The minimum Gasteiger partial charge on any atom is -0.496 e. The molecule has 4 fully saturated rings. The van der Waals surface area contributed by atoms with E-state index >= 15 is 0 Å². The summed E-state index contributed by atoms with van der Waals surface area (Å²) in [5, 5.41) is 39.9. The Balaban J connectivity index is 0.000000160. The molecule has 1 amide bonds. The molecule has 36 heteroatoms. The number of anilines is 1. The molecule has 19 rings (SSSR count). The Labute approximate surface area is 821 Å². The molecule has 0 spiro atoms. The Morgan fingerprint density at radius 1 is 0.475 bits per heavy atom. The molecule has 8 aromatic carbocycles. The number of benzene rings is 8. The number of carbonyl (C=O) groups is 5. The molecule has 6 N–H and O–H groups in total. The van der Waals surface area contributed by atoms with Crippen molar-refractivity contribution in [2.45, 2.75) is 139 Å². The number of pyridine rings is 4. The van der Waals surface area contributed by atoms with Gasteiger partial charge in [-0.3, -0.25) is 38.9 Å². The second-order valence-corrected chi connectivity index (χ2v) is 44.3. The number of carboxylic acid groups (broad SMARTS) is 1. The molecule has 0 saturated heterocycles. The van der Waals surface area contributed by atoms with Crippen LogP contribution in [0.1, 0.15) is 113 Å². The fourth-order valence-corrected chi connectivity index (χ4v) is 21.1. The highest BCUT2D eigenvalue weighted by Crippen LogP contribution is 2.56. The maximum atomic E-state index is 13.3. The van der Waals surface area contributed by atoms with Crippen molar-refractivity contribution in [2.75, 3.05) is 85.7 Å². The number of ketones is 3. The predicted octanol–water partition coefficient (Wildman–Crippen LogP) is 13.4. The number of amides is 1. The average Bonchev–Trinajstić information content (AvgIpc) is 1.60. The summed E-state index contributed by atoms with van der Waals surface area (Å²) in [6.45, 7) is 1.39. The molecule has 7 aliphatic rings. The van der Waals surface area contributed by atoms with Crippen molar-refractivity contribution in [2.24, 2.45) is 0 Å². The predicted molar refractivity (Wildman–Crippen MR) is 530 cm³/mol. The van der Waals surface area contributed by atoms with Crippen molar-refractivity contribution in [3.63, 3.8) is 0 Å². The van der Waals surface area contributed by atoms with Gasteiger partial charge in [0, 0.05) is 115 Å². The van der Waals surface area contributed by atoms with Gasteiger partial charge in [-0.05, 0) is 219 Å². The number of hydrogen-bond donors (Lipinski definition) is 6. The first-order valence-electron chi connectivity index (χ1n) is 45.7. The molecule has 4 aliphatic carbocycles. The smallest absolute Gasteiger partial charge is 0.306 e. The Kier molecular flexibility index (Phi) is 29.7. The average molecular weight is 2000 g/mol. The second-order valence-electron chi connectivity index (χ2n) is 36.1. The zero-order chi connectivity index (χ0) is 100.0. The third kappa shape index (κ3) is 23.1. The lowest BCUT2D eigenvalue weighted by molar-refractivity contribution is -0.139. The molecule has 141 heavy (non-hydrogen) atoms. The largest absolute Gasteiger partial charge is 0.496 e. The van der Waals surface area contributed by atoms with E-state index in [9.17, 15) is 67.9 Å². The number of methoxy groups -OCH3 is 1. The number of hydrogen-bond acceptors (Lipinski definition) is 27. The normalized spacial score (nSPS) is 15.9. The molecule has 7 heterocycles. The number of aliphatic hydroxyl groups excluding tert-OH is 3. The van der Waals surface area contributed by atoms with Crippen LogP contribution in [-0.2, 0) is 111 Å². The molecule has 0 radical (unpaired) electrons. The first-order chi connectivity index (χ1) is 67.4. The number of Topliss-reactive ketones (excluding diaryl/α,β-unsaturated/α-hetero) is 3. The van der Waals surface area contributed by atoms with Crippen LogP contribution in [-0.4, -0.2) is 204 Å². The summed E-state index contributed by atoms with van der Waals surface area (Å²) in [5.41, 5.74) is 11.6. The third-order valence-electron chi connectivity index (χ3n) is 26.1. The summed E-state index contributed by atoms with van der Waals surface area (Å²) in [4.78, 5) is 82.5. The second kappa shape index (κ2) is 41.7. The molecular formula is C105H112N8O24S4. The Morgan fingerprint density at radius 2 is 0.901 bits per heavy atom. The molecule has 3 aliphatic heterocycles. The summed E-state index contributed by atoms with van der Waals surface area (Å²) in [6, 6.07) is 69.7.